The molecule has 330 valence electrons. The third-order valence-corrected chi connectivity index (χ3v) is 12.6. The van der Waals surface area contributed by atoms with Crippen molar-refractivity contribution < 1.29 is 36.5 Å². The molecule has 7 heteroatoms. The van der Waals surface area contributed by atoms with E-state index in [1.807, 2.05) is 0 Å². The van der Waals surface area contributed by atoms with E-state index in [-0.39, 0.29) is 32.2 Å². The summed E-state index contributed by atoms with van der Waals surface area (Å²) in [6.45, 7) is 5.69. The summed E-state index contributed by atoms with van der Waals surface area (Å²) in [5.74, 6) is 1.78. The van der Waals surface area contributed by atoms with Crippen LogP contribution in [0.4, 0.5) is 13.2 Å². The maximum absolute atomic E-state index is 10.7. The van der Waals surface area contributed by atoms with Crippen LogP contribution in [0.5, 0.6) is 0 Å². The van der Waals surface area contributed by atoms with Crippen molar-refractivity contribution in [3.63, 3.8) is 0 Å². The Bertz CT molecular complexity index is 2430. The van der Waals surface area contributed by atoms with Crippen LogP contribution in [0.15, 0.2) is 146 Å². The second kappa shape index (κ2) is 25.3. The molecule has 0 aliphatic heterocycles. The van der Waals surface area contributed by atoms with Crippen LogP contribution in [-0.2, 0) is 36.2 Å². The Morgan fingerprint density at radius 3 is 1.17 bits per heavy atom. The van der Waals surface area contributed by atoms with Crippen molar-refractivity contribution in [3.05, 3.63) is 171 Å². The zero-order chi connectivity index (χ0) is 41.9. The van der Waals surface area contributed by atoms with Crippen molar-refractivity contribution in [1.82, 2.24) is 0 Å². The van der Waals surface area contributed by atoms with Crippen LogP contribution in [0, 0.1) is 26.2 Å². The van der Waals surface area contributed by atoms with Gasteiger partial charge in [0.1, 0.15) is 0 Å². The number of hydrogen-bond donors (Lipinski definition) is 0. The maximum Gasteiger partial charge on any atom is -0.0114 e. The van der Waals surface area contributed by atoms with Crippen molar-refractivity contribution in [3.8, 4) is 22.3 Å². The molecule has 0 atom stereocenters. The summed E-state index contributed by atoms with van der Waals surface area (Å²) in [5, 5.41) is 10.9. The molecule has 63 heavy (non-hydrogen) atoms. The summed E-state index contributed by atoms with van der Waals surface area (Å²) in [5.41, 5.74) is 8.49. The van der Waals surface area contributed by atoms with E-state index >= 15 is 0 Å². The molecule has 0 nitrogen and oxygen atoms in total. The largest absolute Gasteiger partial charge is 0.164 e. The Hall–Kier alpha value is -3.47. The molecule has 0 bridgehead atoms. The summed E-state index contributed by atoms with van der Waals surface area (Å²) >= 11 is 1.36. The van der Waals surface area contributed by atoms with E-state index in [2.05, 4.69) is 159 Å². The van der Waals surface area contributed by atoms with Gasteiger partial charge in [-0.3, -0.25) is 0 Å². The quantitative estimate of drug-likeness (QED) is 0.115. The van der Waals surface area contributed by atoms with Gasteiger partial charge < -0.3 is 14.4 Å². The molecular formula is C56H59Cl2F3SiZr-4. The second-order valence-corrected chi connectivity index (χ2v) is 16.7. The van der Waals surface area contributed by atoms with Gasteiger partial charge in [0.2, 0.25) is 0 Å². The number of rotatable bonds is 6. The molecule has 0 N–H and O–H groups in total. The van der Waals surface area contributed by atoms with Crippen LogP contribution < -0.4 is 0 Å². The van der Waals surface area contributed by atoms with E-state index in [0.717, 1.165) is 11.8 Å². The number of halogens is 5. The Labute approximate surface area is 403 Å². The average molecular weight is 979 g/mol. The molecule has 0 unspecified atom stereocenters. The first-order valence-corrected chi connectivity index (χ1v) is 26.0. The molecule has 2 aliphatic rings. The topological polar surface area (TPSA) is 0 Å². The van der Waals surface area contributed by atoms with E-state index in [4.69, 9.17) is 0 Å². The Morgan fingerprint density at radius 2 is 0.810 bits per heavy atom. The minimum atomic E-state index is -4.07. The summed E-state index contributed by atoms with van der Waals surface area (Å²) in [7, 11) is 0. The van der Waals surface area contributed by atoms with Crippen LogP contribution in [-0.4, -0.2) is 13.1 Å². The fourth-order valence-corrected chi connectivity index (χ4v) is 9.67. The summed E-state index contributed by atoms with van der Waals surface area (Å²) in [6.07, 6.45) is 11.7. The predicted octanol–water partition coefficient (Wildman–Crippen LogP) is 17.7. The molecule has 2 fully saturated rings. The molecule has 0 amide bonds. The van der Waals surface area contributed by atoms with Gasteiger partial charge in [-0.1, -0.05) is 179 Å². The fraction of sp³-hybridized carbons (Fsp3) is 0.286. The maximum atomic E-state index is 10.7. The Morgan fingerprint density at radius 1 is 0.492 bits per heavy atom. The van der Waals surface area contributed by atoms with E-state index in [1.165, 1.54) is 177 Å². The normalized spacial score (nSPS) is 14.1. The molecule has 2 saturated carbocycles. The third-order valence-electron chi connectivity index (χ3n) is 12.6. The van der Waals surface area contributed by atoms with Gasteiger partial charge in [-0.15, -0.1) is 93.9 Å². The van der Waals surface area contributed by atoms with Gasteiger partial charge in [-0.2, -0.15) is 25.3 Å². The van der Waals surface area contributed by atoms with Crippen molar-refractivity contribution in [2.45, 2.75) is 89.6 Å². The minimum Gasteiger partial charge on any atom is -0.164 e. The van der Waals surface area contributed by atoms with Crippen molar-refractivity contribution in [2.75, 3.05) is 0 Å². The molecule has 0 heterocycles. The molecular weight excluding hydrogens is 920 g/mol. The van der Waals surface area contributed by atoms with Crippen LogP contribution in [0.1, 0.15) is 81.8 Å². The van der Waals surface area contributed by atoms with Gasteiger partial charge >= 0.3 is 36.4 Å². The molecule has 0 spiro atoms. The average Bonchev–Trinajstić information content (AvgIpc) is 3.91. The second-order valence-electron chi connectivity index (χ2n) is 16.7. The summed E-state index contributed by atoms with van der Waals surface area (Å²) < 4.78 is 32.2. The van der Waals surface area contributed by atoms with Gasteiger partial charge in [0, 0.05) is 0 Å². The zero-order valence-corrected chi connectivity index (χ0v) is 41.5. The van der Waals surface area contributed by atoms with Gasteiger partial charge in [-0.05, 0) is 57.3 Å². The minimum absolute atomic E-state index is 0. The van der Waals surface area contributed by atoms with Crippen LogP contribution in [0.2, 0.25) is 0 Å². The zero-order valence-electron chi connectivity index (χ0n) is 36.4. The number of alkyl halides is 3. The first-order chi connectivity index (χ1) is 29.3. The number of hydrogen-bond acceptors (Lipinski definition) is 0. The molecule has 0 saturated heterocycles. The SMILES string of the molecule is Cl.Cl.[CH2-]CC(F)(F)F.[CH3-].[Si]=[Zr].c1ccc2c(-c3cccc4[cH-]c(CC5CCCCC5)cc34)cccc2c1.c1ccc2c(-c3cccc4[cH-]c(CC5CCCCC5)cc34)cccc2c1. The summed E-state index contributed by atoms with van der Waals surface area (Å²) in [6, 6.07) is 54.1. The first-order valence-electron chi connectivity index (χ1n) is 21.8. The van der Waals surface area contributed by atoms with E-state index in [0.29, 0.717) is 0 Å². The fourth-order valence-electron chi connectivity index (χ4n) is 9.67. The monoisotopic (exact) mass is 976 g/mol. The van der Waals surface area contributed by atoms with E-state index < -0.39 is 12.6 Å². The van der Waals surface area contributed by atoms with Crippen molar-refractivity contribution in [1.29, 1.82) is 0 Å². The van der Waals surface area contributed by atoms with E-state index in [9.17, 15) is 13.2 Å². The van der Waals surface area contributed by atoms with Crippen molar-refractivity contribution in [2.24, 2.45) is 11.8 Å². The molecule has 8 aromatic carbocycles. The van der Waals surface area contributed by atoms with Gasteiger partial charge in [0.25, 0.3) is 0 Å². The van der Waals surface area contributed by atoms with E-state index in [1.54, 1.807) is 0 Å². The van der Waals surface area contributed by atoms with Gasteiger partial charge in [-0.25, -0.2) is 0 Å². The summed E-state index contributed by atoms with van der Waals surface area (Å²) in [4.78, 5) is 0. The van der Waals surface area contributed by atoms with Crippen molar-refractivity contribution >= 4 is 74.8 Å². The molecule has 2 radical (unpaired) electrons. The predicted molar refractivity (Wildman–Crippen MR) is 268 cm³/mol. The first kappa shape index (κ1) is 52.2. The van der Waals surface area contributed by atoms with Crippen LogP contribution in [0.3, 0.4) is 0 Å². The van der Waals surface area contributed by atoms with Gasteiger partial charge in [0.15, 0.2) is 0 Å². The smallest absolute Gasteiger partial charge is 0.0114 e. The Balaban J connectivity index is 0.000000228. The van der Waals surface area contributed by atoms with Crippen LogP contribution >= 0.6 is 24.8 Å². The number of benzene rings is 6. The molecule has 2 aliphatic carbocycles. The standard InChI is InChI=1S/2C26H25.C3H4F3.CH3.2ClH.Si.Zr/c2*1-2-8-19(9-3-1)16-20-17-22-12-7-15-25(26(22)18-20)24-14-6-11-21-10-4-5-13-23(21)24;1-2-3(4,5)6;;;;;/h2*4-7,10-15,17-19H,1-3,8-9,16H2;1-2H2;1H3;2*1H;;/q4*-1;;;;. The molecule has 0 aromatic heterocycles. The third kappa shape index (κ3) is 13.5. The van der Waals surface area contributed by atoms with Gasteiger partial charge in [0.05, 0.1) is 0 Å². The molecule has 10 rings (SSSR count). The Kier molecular flexibility index (Phi) is 20.9. The van der Waals surface area contributed by atoms with Crippen LogP contribution in [0.25, 0.3) is 65.3 Å². The molecule has 8 aromatic rings. The number of fused-ring (bicyclic) bond motifs is 4.